The van der Waals surface area contributed by atoms with Gasteiger partial charge >= 0.3 is 0 Å². The van der Waals surface area contributed by atoms with E-state index in [9.17, 15) is 4.79 Å². The summed E-state index contributed by atoms with van der Waals surface area (Å²) >= 11 is 6.00. The molecule has 7 nitrogen and oxygen atoms in total. The van der Waals surface area contributed by atoms with Gasteiger partial charge in [-0.05, 0) is 49.4 Å². The highest BCUT2D eigenvalue weighted by atomic mass is 35.5. The van der Waals surface area contributed by atoms with Crippen molar-refractivity contribution in [2.24, 2.45) is 0 Å². The second kappa shape index (κ2) is 9.26. The van der Waals surface area contributed by atoms with E-state index in [2.05, 4.69) is 15.3 Å². The van der Waals surface area contributed by atoms with E-state index in [1.807, 2.05) is 18.2 Å². The Kier molecular flexibility index (Phi) is 6.29. The molecule has 0 aliphatic carbocycles. The molecule has 29 heavy (non-hydrogen) atoms. The first kappa shape index (κ1) is 19.7. The summed E-state index contributed by atoms with van der Waals surface area (Å²) in [4.78, 5) is 15.0. The quantitative estimate of drug-likeness (QED) is 0.601. The fourth-order valence-corrected chi connectivity index (χ4v) is 3.42. The zero-order chi connectivity index (χ0) is 20.1. The van der Waals surface area contributed by atoms with Crippen molar-refractivity contribution in [1.82, 2.24) is 20.0 Å². The number of hydrogen-bond donors (Lipinski definition) is 1. The van der Waals surface area contributed by atoms with E-state index in [1.54, 1.807) is 35.2 Å². The Morgan fingerprint density at radius 3 is 2.69 bits per heavy atom. The van der Waals surface area contributed by atoms with Crippen molar-refractivity contribution in [3.63, 3.8) is 0 Å². The first-order chi connectivity index (χ1) is 14.2. The molecule has 0 bridgehead atoms. The summed E-state index contributed by atoms with van der Waals surface area (Å²) in [5.41, 5.74) is 1.85. The molecule has 1 fully saturated rings. The second-order valence-electron chi connectivity index (χ2n) is 6.84. The molecule has 0 atom stereocenters. The molecular weight excluding hydrogens is 392 g/mol. The molecule has 0 saturated carbocycles. The lowest BCUT2D eigenvalue weighted by Crippen LogP contribution is -2.38. The Labute approximate surface area is 174 Å². The SMILES string of the molecule is O=C(NCCCN1CCOCC1)c1cc(-c2ccco2)n(-c2ccc(Cl)cc2)n1. The zero-order valence-corrected chi connectivity index (χ0v) is 16.8. The van der Waals surface area contributed by atoms with E-state index in [0.717, 1.165) is 45.0 Å². The number of hydrogen-bond acceptors (Lipinski definition) is 5. The molecule has 1 aliphatic rings. The van der Waals surface area contributed by atoms with Gasteiger partial charge in [0.1, 0.15) is 5.69 Å². The molecule has 1 amide bonds. The maximum absolute atomic E-state index is 12.6. The first-order valence-corrected chi connectivity index (χ1v) is 10.1. The number of amides is 1. The van der Waals surface area contributed by atoms with Crippen molar-refractivity contribution < 1.29 is 13.9 Å². The summed E-state index contributed by atoms with van der Waals surface area (Å²) in [6, 6.07) is 12.7. The minimum absolute atomic E-state index is 0.201. The van der Waals surface area contributed by atoms with Gasteiger partial charge in [0, 0.05) is 30.7 Å². The van der Waals surface area contributed by atoms with E-state index in [-0.39, 0.29) is 5.91 Å². The highest BCUT2D eigenvalue weighted by Crippen LogP contribution is 2.25. The van der Waals surface area contributed by atoms with Crippen LogP contribution in [-0.2, 0) is 4.74 Å². The Bertz CT molecular complexity index is 932. The number of benzene rings is 1. The highest BCUT2D eigenvalue weighted by molar-refractivity contribution is 6.30. The van der Waals surface area contributed by atoms with Crippen LogP contribution in [0.1, 0.15) is 16.9 Å². The lowest BCUT2D eigenvalue weighted by molar-refractivity contribution is 0.0374. The van der Waals surface area contributed by atoms with Crippen LogP contribution < -0.4 is 5.32 Å². The van der Waals surface area contributed by atoms with E-state index in [4.69, 9.17) is 20.8 Å². The number of furan rings is 1. The van der Waals surface area contributed by atoms with Crippen LogP contribution in [0.5, 0.6) is 0 Å². The molecule has 1 N–H and O–H groups in total. The standard InChI is InChI=1S/C21H23ClN4O3/c22-16-4-6-17(7-5-16)26-19(20-3-1-12-29-20)15-18(24-26)21(27)23-8-2-9-25-10-13-28-14-11-25/h1,3-7,12,15H,2,8-11,13-14H2,(H,23,27). The molecule has 1 aliphatic heterocycles. The molecule has 1 aromatic carbocycles. The van der Waals surface area contributed by atoms with Crippen LogP contribution in [0, 0.1) is 0 Å². The number of carbonyl (C=O) groups excluding carboxylic acids is 1. The smallest absolute Gasteiger partial charge is 0.271 e. The maximum Gasteiger partial charge on any atom is 0.271 e. The number of carbonyl (C=O) groups is 1. The van der Waals surface area contributed by atoms with Crippen LogP contribution in [0.25, 0.3) is 17.1 Å². The number of morpholine rings is 1. The van der Waals surface area contributed by atoms with E-state index < -0.39 is 0 Å². The summed E-state index contributed by atoms with van der Waals surface area (Å²) in [6.07, 6.45) is 2.48. The third-order valence-electron chi connectivity index (χ3n) is 4.83. The fraction of sp³-hybridized carbons (Fsp3) is 0.333. The summed E-state index contributed by atoms with van der Waals surface area (Å²) in [6.45, 7) is 5.01. The van der Waals surface area contributed by atoms with Gasteiger partial charge in [-0.2, -0.15) is 5.10 Å². The number of rotatable bonds is 7. The molecule has 3 heterocycles. The number of nitrogens with one attached hydrogen (secondary N) is 1. The molecule has 1 saturated heterocycles. The molecule has 8 heteroatoms. The number of aromatic nitrogens is 2. The van der Waals surface area contributed by atoms with Crippen LogP contribution >= 0.6 is 11.6 Å². The minimum Gasteiger partial charge on any atom is -0.463 e. The van der Waals surface area contributed by atoms with Gasteiger partial charge in [-0.3, -0.25) is 9.69 Å². The first-order valence-electron chi connectivity index (χ1n) is 9.69. The molecule has 3 aromatic rings. The molecule has 152 valence electrons. The third kappa shape index (κ3) is 4.87. The van der Waals surface area contributed by atoms with E-state index in [0.29, 0.717) is 28.7 Å². The fourth-order valence-electron chi connectivity index (χ4n) is 3.29. The molecule has 0 radical (unpaired) electrons. The summed E-state index contributed by atoms with van der Waals surface area (Å²) < 4.78 is 12.6. The van der Waals surface area contributed by atoms with Crippen molar-refractivity contribution in [3.05, 3.63) is 59.4 Å². The normalized spacial score (nSPS) is 14.8. The Morgan fingerprint density at radius 2 is 1.97 bits per heavy atom. The number of halogens is 1. The molecule has 4 rings (SSSR count). The van der Waals surface area contributed by atoms with Crippen LogP contribution in [0.15, 0.2) is 53.1 Å². The molecular formula is C21H23ClN4O3. The van der Waals surface area contributed by atoms with E-state index in [1.165, 1.54) is 0 Å². The number of nitrogens with zero attached hydrogens (tertiary/aromatic N) is 3. The highest BCUT2D eigenvalue weighted by Gasteiger charge is 2.18. The van der Waals surface area contributed by atoms with Gasteiger partial charge in [0.25, 0.3) is 5.91 Å². The van der Waals surface area contributed by atoms with Gasteiger partial charge in [-0.1, -0.05) is 11.6 Å². The average molecular weight is 415 g/mol. The predicted octanol–water partition coefficient (Wildman–Crippen LogP) is 3.24. The van der Waals surface area contributed by atoms with Crippen LogP contribution in [0.4, 0.5) is 0 Å². The predicted molar refractivity (Wildman–Crippen MR) is 110 cm³/mol. The summed E-state index contributed by atoms with van der Waals surface area (Å²) in [5, 5.41) is 8.11. The maximum atomic E-state index is 12.6. The lowest BCUT2D eigenvalue weighted by atomic mass is 10.2. The van der Waals surface area contributed by atoms with Gasteiger partial charge < -0.3 is 14.5 Å². The van der Waals surface area contributed by atoms with Crippen molar-refractivity contribution in [2.45, 2.75) is 6.42 Å². The largest absolute Gasteiger partial charge is 0.463 e. The Morgan fingerprint density at radius 1 is 1.17 bits per heavy atom. The van der Waals surface area contributed by atoms with Crippen molar-refractivity contribution in [1.29, 1.82) is 0 Å². The average Bonchev–Trinajstić information content (AvgIpc) is 3.42. The van der Waals surface area contributed by atoms with Crippen molar-refractivity contribution in [2.75, 3.05) is 39.4 Å². The van der Waals surface area contributed by atoms with Crippen LogP contribution in [0.2, 0.25) is 5.02 Å². The minimum atomic E-state index is -0.201. The lowest BCUT2D eigenvalue weighted by Gasteiger charge is -2.26. The van der Waals surface area contributed by atoms with Crippen molar-refractivity contribution in [3.8, 4) is 17.1 Å². The van der Waals surface area contributed by atoms with E-state index >= 15 is 0 Å². The topological polar surface area (TPSA) is 72.5 Å². The summed E-state index contributed by atoms with van der Waals surface area (Å²) in [5.74, 6) is 0.436. The van der Waals surface area contributed by atoms with Crippen molar-refractivity contribution >= 4 is 17.5 Å². The van der Waals surface area contributed by atoms with Gasteiger partial charge in [0.15, 0.2) is 11.5 Å². The van der Waals surface area contributed by atoms with Crippen LogP contribution in [-0.4, -0.2) is 60.0 Å². The van der Waals surface area contributed by atoms with Gasteiger partial charge in [-0.25, -0.2) is 4.68 Å². The molecule has 0 unspecified atom stereocenters. The van der Waals surface area contributed by atoms with Gasteiger partial charge in [-0.15, -0.1) is 0 Å². The van der Waals surface area contributed by atoms with Gasteiger partial charge in [0.05, 0.1) is 25.2 Å². The Hall–Kier alpha value is -2.61. The summed E-state index contributed by atoms with van der Waals surface area (Å²) in [7, 11) is 0. The van der Waals surface area contributed by atoms with Crippen LogP contribution in [0.3, 0.4) is 0 Å². The zero-order valence-electron chi connectivity index (χ0n) is 16.0. The Balaban J connectivity index is 1.45. The third-order valence-corrected chi connectivity index (χ3v) is 5.08. The second-order valence-corrected chi connectivity index (χ2v) is 7.28. The molecule has 2 aromatic heterocycles. The van der Waals surface area contributed by atoms with Gasteiger partial charge in [0.2, 0.25) is 0 Å². The number of ether oxygens (including phenoxy) is 1. The molecule has 0 spiro atoms. The monoisotopic (exact) mass is 414 g/mol.